The van der Waals surface area contributed by atoms with Crippen molar-refractivity contribution in [2.75, 3.05) is 13.2 Å². The van der Waals surface area contributed by atoms with Crippen LogP contribution in [0.15, 0.2) is 12.4 Å². The van der Waals surface area contributed by atoms with Crippen molar-refractivity contribution in [2.24, 2.45) is 5.92 Å². The van der Waals surface area contributed by atoms with Crippen molar-refractivity contribution in [1.29, 1.82) is 0 Å². The van der Waals surface area contributed by atoms with Gasteiger partial charge in [0.2, 0.25) is 0 Å². The predicted octanol–water partition coefficient (Wildman–Crippen LogP) is 2.84. The number of hydrogen-bond donors (Lipinski definition) is 1. The Labute approximate surface area is 135 Å². The van der Waals surface area contributed by atoms with Crippen LogP contribution in [0, 0.1) is 19.8 Å². The fourth-order valence-electron chi connectivity index (χ4n) is 3.02. The van der Waals surface area contributed by atoms with Crippen LogP contribution in [-0.2, 0) is 17.8 Å². The van der Waals surface area contributed by atoms with Gasteiger partial charge in [-0.05, 0) is 27.2 Å². The van der Waals surface area contributed by atoms with E-state index in [2.05, 4.69) is 42.4 Å². The van der Waals surface area contributed by atoms with E-state index in [0.717, 1.165) is 43.4 Å². The Hall–Kier alpha value is -1.24. The molecule has 5 nitrogen and oxygen atoms in total. The fraction of sp³-hybridized carbons (Fsp3) is 0.625. The quantitative estimate of drug-likeness (QED) is 0.889. The van der Waals surface area contributed by atoms with E-state index < -0.39 is 0 Å². The third-order valence-electron chi connectivity index (χ3n) is 4.21. The highest BCUT2D eigenvalue weighted by Crippen LogP contribution is 2.34. The Kier molecular flexibility index (Phi) is 4.90. The van der Waals surface area contributed by atoms with E-state index in [1.54, 1.807) is 11.3 Å². The number of aryl methyl sites for hydroxylation is 3. The summed E-state index contributed by atoms with van der Waals surface area (Å²) >= 11 is 1.78. The minimum Gasteiger partial charge on any atom is -0.373 e. The molecule has 1 saturated heterocycles. The van der Waals surface area contributed by atoms with Gasteiger partial charge in [0.1, 0.15) is 0 Å². The van der Waals surface area contributed by atoms with E-state index in [1.165, 1.54) is 10.4 Å². The number of rotatable bonds is 6. The van der Waals surface area contributed by atoms with Gasteiger partial charge < -0.3 is 10.1 Å². The van der Waals surface area contributed by atoms with E-state index in [-0.39, 0.29) is 6.10 Å². The number of nitrogens with one attached hydrogen (secondary N) is 1. The lowest BCUT2D eigenvalue weighted by molar-refractivity contribution is 0.0904. The first-order valence-corrected chi connectivity index (χ1v) is 8.76. The Balaban J connectivity index is 1.56. The molecule has 6 heteroatoms. The summed E-state index contributed by atoms with van der Waals surface area (Å²) in [6, 6.07) is 0. The first kappa shape index (κ1) is 15.6. The Morgan fingerprint density at radius 3 is 3.00 bits per heavy atom. The lowest BCUT2D eigenvalue weighted by Crippen LogP contribution is -2.24. The second-order valence-corrected chi connectivity index (χ2v) is 7.13. The molecule has 1 N–H and O–H groups in total. The zero-order valence-corrected chi connectivity index (χ0v) is 14.3. The third-order valence-corrected chi connectivity index (χ3v) is 5.28. The summed E-state index contributed by atoms with van der Waals surface area (Å²) in [5.74, 6) is 0.517. The molecule has 2 atom stereocenters. The molecule has 1 fully saturated rings. The van der Waals surface area contributed by atoms with Crippen LogP contribution in [0.3, 0.4) is 0 Å². The van der Waals surface area contributed by atoms with Crippen LogP contribution in [0.25, 0.3) is 0 Å². The van der Waals surface area contributed by atoms with Crippen molar-refractivity contribution in [3.8, 4) is 0 Å². The second kappa shape index (κ2) is 6.89. The number of thiazole rings is 1. The molecule has 0 radical (unpaired) electrons. The minimum atomic E-state index is 0.178. The summed E-state index contributed by atoms with van der Waals surface area (Å²) in [7, 11) is 0. The largest absolute Gasteiger partial charge is 0.373 e. The van der Waals surface area contributed by atoms with Crippen LogP contribution in [0.5, 0.6) is 0 Å². The normalized spacial score (nSPS) is 21.6. The van der Waals surface area contributed by atoms with Crippen LogP contribution < -0.4 is 5.32 Å². The molecule has 3 rings (SSSR count). The molecule has 120 valence electrons. The van der Waals surface area contributed by atoms with Gasteiger partial charge in [-0.3, -0.25) is 4.68 Å². The first-order chi connectivity index (χ1) is 10.7. The average Bonchev–Trinajstić information content (AvgIpc) is 3.19. The van der Waals surface area contributed by atoms with E-state index in [0.29, 0.717) is 5.92 Å². The van der Waals surface area contributed by atoms with Gasteiger partial charge in [0, 0.05) is 48.8 Å². The molecule has 2 aromatic rings. The summed E-state index contributed by atoms with van der Waals surface area (Å²) in [6.45, 7) is 9.86. The van der Waals surface area contributed by atoms with Crippen molar-refractivity contribution in [1.82, 2.24) is 20.1 Å². The molecular weight excluding hydrogens is 296 g/mol. The predicted molar refractivity (Wildman–Crippen MR) is 88.0 cm³/mol. The summed E-state index contributed by atoms with van der Waals surface area (Å²) in [6.07, 6.45) is 5.34. The zero-order chi connectivity index (χ0) is 15.5. The van der Waals surface area contributed by atoms with Gasteiger partial charge in [-0.15, -0.1) is 11.3 Å². The van der Waals surface area contributed by atoms with Crippen molar-refractivity contribution in [3.05, 3.63) is 33.5 Å². The molecule has 0 bridgehead atoms. The molecule has 2 aromatic heterocycles. The number of aromatic nitrogens is 3. The van der Waals surface area contributed by atoms with Gasteiger partial charge in [0.05, 0.1) is 23.0 Å². The lowest BCUT2D eigenvalue weighted by Gasteiger charge is -2.17. The van der Waals surface area contributed by atoms with Crippen LogP contribution in [0.2, 0.25) is 0 Å². The topological polar surface area (TPSA) is 52.0 Å². The summed E-state index contributed by atoms with van der Waals surface area (Å²) < 4.78 is 7.90. The zero-order valence-electron chi connectivity index (χ0n) is 13.5. The van der Waals surface area contributed by atoms with Gasteiger partial charge in [-0.1, -0.05) is 0 Å². The highest BCUT2D eigenvalue weighted by molar-refractivity contribution is 7.11. The van der Waals surface area contributed by atoms with Crippen molar-refractivity contribution in [3.63, 3.8) is 0 Å². The number of hydrogen-bond acceptors (Lipinski definition) is 5. The van der Waals surface area contributed by atoms with Gasteiger partial charge >= 0.3 is 0 Å². The Morgan fingerprint density at radius 2 is 2.32 bits per heavy atom. The van der Waals surface area contributed by atoms with Crippen LogP contribution in [-0.4, -0.2) is 27.9 Å². The SMILES string of the molecule is CCn1cc([C@H]2OCC[C@@H]2CNCc2sc(C)nc2C)cn1. The van der Waals surface area contributed by atoms with E-state index in [4.69, 9.17) is 4.74 Å². The highest BCUT2D eigenvalue weighted by Gasteiger charge is 2.30. The molecule has 0 unspecified atom stereocenters. The summed E-state index contributed by atoms with van der Waals surface area (Å²) in [4.78, 5) is 5.82. The molecule has 1 aliphatic rings. The molecular formula is C16H24N4OS. The first-order valence-electron chi connectivity index (χ1n) is 7.95. The average molecular weight is 320 g/mol. The monoisotopic (exact) mass is 320 g/mol. The van der Waals surface area contributed by atoms with Gasteiger partial charge in [0.25, 0.3) is 0 Å². The third kappa shape index (κ3) is 3.39. The maximum Gasteiger partial charge on any atom is 0.0900 e. The number of ether oxygens (including phenoxy) is 1. The molecule has 1 aliphatic heterocycles. The van der Waals surface area contributed by atoms with Crippen LogP contribution in [0.1, 0.15) is 40.6 Å². The van der Waals surface area contributed by atoms with Crippen LogP contribution in [0.4, 0.5) is 0 Å². The smallest absolute Gasteiger partial charge is 0.0900 e. The van der Waals surface area contributed by atoms with E-state index in [1.807, 2.05) is 10.9 Å². The molecule has 3 heterocycles. The van der Waals surface area contributed by atoms with Gasteiger partial charge in [0.15, 0.2) is 0 Å². The fourth-order valence-corrected chi connectivity index (χ4v) is 3.93. The molecule has 0 saturated carbocycles. The molecule has 0 spiro atoms. The lowest BCUT2D eigenvalue weighted by atomic mass is 9.97. The van der Waals surface area contributed by atoms with Gasteiger partial charge in [-0.2, -0.15) is 5.10 Å². The number of nitrogens with zero attached hydrogens (tertiary/aromatic N) is 3. The van der Waals surface area contributed by atoms with Crippen molar-refractivity contribution < 1.29 is 4.74 Å². The minimum absolute atomic E-state index is 0.178. The van der Waals surface area contributed by atoms with Crippen molar-refractivity contribution in [2.45, 2.75) is 46.4 Å². The maximum absolute atomic E-state index is 5.94. The standard InChI is InChI=1S/C16H24N4OS/c1-4-20-10-14(8-18-20)16-13(5-6-21-16)7-17-9-15-11(2)19-12(3)22-15/h8,10,13,16-17H,4-7,9H2,1-3H3/t13-,16+/m1/s1. The van der Waals surface area contributed by atoms with Crippen molar-refractivity contribution >= 4 is 11.3 Å². The molecule has 0 amide bonds. The van der Waals surface area contributed by atoms with E-state index >= 15 is 0 Å². The second-order valence-electron chi connectivity index (χ2n) is 5.84. The Morgan fingerprint density at radius 1 is 1.45 bits per heavy atom. The maximum atomic E-state index is 5.94. The molecule has 22 heavy (non-hydrogen) atoms. The summed E-state index contributed by atoms with van der Waals surface area (Å²) in [5, 5.41) is 9.09. The highest BCUT2D eigenvalue weighted by atomic mass is 32.1. The van der Waals surface area contributed by atoms with Gasteiger partial charge in [-0.25, -0.2) is 4.98 Å². The summed E-state index contributed by atoms with van der Waals surface area (Å²) in [5.41, 5.74) is 2.36. The Bertz CT molecular complexity index is 621. The van der Waals surface area contributed by atoms with E-state index in [9.17, 15) is 0 Å². The van der Waals surface area contributed by atoms with Crippen LogP contribution >= 0.6 is 11.3 Å². The molecule has 0 aliphatic carbocycles. The molecule has 0 aromatic carbocycles.